The van der Waals surface area contributed by atoms with E-state index in [2.05, 4.69) is 0 Å². The minimum absolute atomic E-state index is 0.0833. The van der Waals surface area contributed by atoms with Crippen molar-refractivity contribution in [1.82, 2.24) is 9.38 Å². The van der Waals surface area contributed by atoms with Crippen molar-refractivity contribution in [2.24, 2.45) is 0 Å². The number of aromatic nitrogens is 2. The number of nitrogens with one attached hydrogen (secondary N) is 1. The molecule has 7 heteroatoms. The largest absolute Gasteiger partial charge is 0.494 e. The molecule has 6 nitrogen and oxygen atoms in total. The Morgan fingerprint density at radius 2 is 2.12 bits per heavy atom. The van der Waals surface area contributed by atoms with Gasteiger partial charge in [-0.3, -0.25) is 9.81 Å². The molecule has 3 heterocycles. The van der Waals surface area contributed by atoms with Gasteiger partial charge in [-0.15, -0.1) is 0 Å². The zero-order chi connectivity index (χ0) is 17.8. The van der Waals surface area contributed by atoms with Crippen LogP contribution in [0.2, 0.25) is 0 Å². The highest BCUT2D eigenvalue weighted by Crippen LogP contribution is 2.29. The first-order chi connectivity index (χ1) is 12.7. The smallest absolute Gasteiger partial charge is 0.349 e. The average molecular weight is 363 g/mol. The zero-order valence-electron chi connectivity index (χ0n) is 13.8. The van der Waals surface area contributed by atoms with Crippen LogP contribution in [0.3, 0.4) is 0 Å². The van der Waals surface area contributed by atoms with Crippen molar-refractivity contribution in [3.05, 3.63) is 58.4 Å². The summed E-state index contributed by atoms with van der Waals surface area (Å²) in [5, 5.41) is 9.54. The summed E-state index contributed by atoms with van der Waals surface area (Å²) in [6.07, 6.45) is 0. The number of hydrogen-bond acceptors (Lipinski definition) is 6. The van der Waals surface area contributed by atoms with E-state index in [1.165, 1.54) is 11.3 Å². The van der Waals surface area contributed by atoms with Gasteiger partial charge in [-0.05, 0) is 37.3 Å². The first-order valence-corrected chi connectivity index (χ1v) is 8.97. The van der Waals surface area contributed by atoms with Gasteiger partial charge in [0.05, 0.1) is 22.3 Å². The molecule has 5 aromatic rings. The van der Waals surface area contributed by atoms with E-state index in [1.807, 2.05) is 37.3 Å². The fraction of sp³-hybridized carbons (Fsp3) is 0.105. The average Bonchev–Trinajstić information content (AvgIpc) is 2.99. The van der Waals surface area contributed by atoms with Crippen LogP contribution < -0.4 is 15.9 Å². The fourth-order valence-corrected chi connectivity index (χ4v) is 4.27. The van der Waals surface area contributed by atoms with E-state index >= 15 is 0 Å². The Morgan fingerprint density at radius 3 is 2.96 bits per heavy atom. The lowest BCUT2D eigenvalue weighted by Crippen LogP contribution is -2.20. The van der Waals surface area contributed by atoms with Gasteiger partial charge in [-0.25, -0.2) is 9.78 Å². The molecule has 5 rings (SSSR count). The van der Waals surface area contributed by atoms with Crippen LogP contribution in [0, 0.1) is 5.41 Å². The number of thiazole rings is 1. The summed E-state index contributed by atoms with van der Waals surface area (Å²) in [4.78, 5) is 17.9. The predicted octanol–water partition coefficient (Wildman–Crippen LogP) is 3.69. The first-order valence-electron chi connectivity index (χ1n) is 8.15. The van der Waals surface area contributed by atoms with Crippen molar-refractivity contribution in [3.63, 3.8) is 0 Å². The Balaban J connectivity index is 1.99. The molecule has 0 amide bonds. The van der Waals surface area contributed by atoms with Crippen molar-refractivity contribution in [1.29, 1.82) is 5.41 Å². The van der Waals surface area contributed by atoms with Crippen molar-refractivity contribution in [3.8, 4) is 5.75 Å². The fourth-order valence-electron chi connectivity index (χ4n) is 3.22. The van der Waals surface area contributed by atoms with Crippen LogP contribution in [0.1, 0.15) is 6.92 Å². The van der Waals surface area contributed by atoms with Gasteiger partial charge in [0, 0.05) is 5.39 Å². The molecule has 0 unspecified atom stereocenters. The molecule has 0 atom stereocenters. The standard InChI is InChI=1S/C19H13N3O3S/c1-2-24-10-7-8-12-14(9-10)26-19-21-16-11-5-3-4-6-13(11)25-18(23)15(16)17(20)22(12)19/h3-9,20H,2H2,1H3. The lowest BCUT2D eigenvalue weighted by atomic mass is 10.2. The highest BCUT2D eigenvalue weighted by atomic mass is 32.1. The van der Waals surface area contributed by atoms with Gasteiger partial charge in [0.15, 0.2) is 4.96 Å². The van der Waals surface area contributed by atoms with Crippen molar-refractivity contribution in [2.75, 3.05) is 6.61 Å². The summed E-state index contributed by atoms with van der Waals surface area (Å²) in [7, 11) is 0. The molecular formula is C19H13N3O3S. The second-order valence-corrected chi connectivity index (χ2v) is 6.86. The van der Waals surface area contributed by atoms with E-state index in [0.29, 0.717) is 22.7 Å². The van der Waals surface area contributed by atoms with Crippen LogP contribution in [0.4, 0.5) is 0 Å². The Kier molecular flexibility index (Phi) is 3.14. The Bertz CT molecular complexity index is 1450. The predicted molar refractivity (Wildman–Crippen MR) is 101 cm³/mol. The van der Waals surface area contributed by atoms with Crippen LogP contribution in [-0.4, -0.2) is 16.0 Å². The monoisotopic (exact) mass is 363 g/mol. The summed E-state index contributed by atoms with van der Waals surface area (Å²) in [5.41, 5.74) is 1.33. The molecule has 0 aliphatic heterocycles. The number of nitrogens with zero attached hydrogens (tertiary/aromatic N) is 2. The first kappa shape index (κ1) is 15.1. The second kappa shape index (κ2) is 5.40. The van der Waals surface area contributed by atoms with E-state index < -0.39 is 5.63 Å². The molecule has 0 saturated heterocycles. The molecular weight excluding hydrogens is 350 g/mol. The molecule has 26 heavy (non-hydrogen) atoms. The van der Waals surface area contributed by atoms with Gasteiger partial charge in [0.2, 0.25) is 0 Å². The minimum atomic E-state index is -0.545. The van der Waals surface area contributed by atoms with Crippen molar-refractivity contribution < 1.29 is 9.15 Å². The highest BCUT2D eigenvalue weighted by molar-refractivity contribution is 7.23. The molecule has 0 radical (unpaired) electrons. The number of fused-ring (bicyclic) bond motifs is 6. The van der Waals surface area contributed by atoms with Gasteiger partial charge in [-0.1, -0.05) is 23.5 Å². The maximum atomic E-state index is 12.5. The number of ether oxygens (including phenoxy) is 1. The third-order valence-electron chi connectivity index (χ3n) is 4.33. The van der Waals surface area contributed by atoms with Crippen LogP contribution in [0.5, 0.6) is 5.75 Å². The zero-order valence-corrected chi connectivity index (χ0v) is 14.6. The number of hydrogen-bond donors (Lipinski definition) is 1. The van der Waals surface area contributed by atoms with Gasteiger partial charge < -0.3 is 9.15 Å². The van der Waals surface area contributed by atoms with Crippen LogP contribution in [-0.2, 0) is 0 Å². The summed E-state index contributed by atoms with van der Waals surface area (Å²) in [5.74, 6) is 0.771. The van der Waals surface area contributed by atoms with E-state index in [4.69, 9.17) is 19.5 Å². The van der Waals surface area contributed by atoms with Crippen molar-refractivity contribution in [2.45, 2.75) is 6.92 Å². The number of rotatable bonds is 2. The Morgan fingerprint density at radius 1 is 1.27 bits per heavy atom. The molecule has 0 spiro atoms. The van der Waals surface area contributed by atoms with E-state index in [-0.39, 0.29) is 10.9 Å². The molecule has 2 aromatic carbocycles. The molecule has 0 aliphatic rings. The molecule has 3 aromatic heterocycles. The maximum Gasteiger partial charge on any atom is 0.349 e. The quantitative estimate of drug-likeness (QED) is 0.383. The van der Waals surface area contributed by atoms with E-state index in [0.717, 1.165) is 21.4 Å². The normalized spacial score (nSPS) is 11.7. The maximum absolute atomic E-state index is 12.5. The van der Waals surface area contributed by atoms with E-state index in [1.54, 1.807) is 16.5 Å². The van der Waals surface area contributed by atoms with Gasteiger partial charge in [0.25, 0.3) is 0 Å². The second-order valence-electron chi connectivity index (χ2n) is 5.85. The Labute approximate surface area is 150 Å². The van der Waals surface area contributed by atoms with Crippen molar-refractivity contribution >= 4 is 48.4 Å². The lowest BCUT2D eigenvalue weighted by Gasteiger charge is -2.04. The third kappa shape index (κ3) is 2.01. The number of para-hydroxylation sites is 1. The topological polar surface area (TPSA) is 80.6 Å². The summed E-state index contributed by atoms with van der Waals surface area (Å²) in [6, 6.07) is 12.9. The van der Waals surface area contributed by atoms with Crippen LogP contribution in [0.15, 0.2) is 51.7 Å². The summed E-state index contributed by atoms with van der Waals surface area (Å²) in [6.45, 7) is 2.52. The Hall–Kier alpha value is -3.19. The van der Waals surface area contributed by atoms with Gasteiger partial charge >= 0.3 is 5.63 Å². The molecule has 1 N–H and O–H groups in total. The lowest BCUT2D eigenvalue weighted by molar-refractivity contribution is 0.341. The summed E-state index contributed by atoms with van der Waals surface area (Å²) < 4.78 is 13.6. The molecule has 0 saturated carbocycles. The highest BCUT2D eigenvalue weighted by Gasteiger charge is 2.16. The van der Waals surface area contributed by atoms with Gasteiger partial charge in [0.1, 0.15) is 22.2 Å². The van der Waals surface area contributed by atoms with E-state index in [9.17, 15) is 4.79 Å². The molecule has 0 aliphatic carbocycles. The van der Waals surface area contributed by atoms with Crippen LogP contribution in [0.25, 0.3) is 37.0 Å². The summed E-state index contributed by atoms with van der Waals surface area (Å²) >= 11 is 1.46. The minimum Gasteiger partial charge on any atom is -0.494 e. The van der Waals surface area contributed by atoms with Crippen LogP contribution >= 0.6 is 11.3 Å². The molecule has 128 valence electrons. The van der Waals surface area contributed by atoms with Gasteiger partial charge in [-0.2, -0.15) is 0 Å². The third-order valence-corrected chi connectivity index (χ3v) is 5.33. The SMILES string of the molecule is CCOc1ccc2c(c1)sc1nc3c(c(=O)oc4ccccc43)c(=N)n12. The molecule has 0 bridgehead atoms. The number of benzene rings is 2. The molecule has 0 fully saturated rings.